The fourth-order valence-electron chi connectivity index (χ4n) is 1.72. The van der Waals surface area contributed by atoms with Crippen LogP contribution in [-0.4, -0.2) is 21.0 Å². The molecule has 2 rings (SSSR count). The molecule has 0 saturated carbocycles. The van der Waals surface area contributed by atoms with Crippen LogP contribution in [0.3, 0.4) is 0 Å². The number of carbonyl (C=O) groups is 1. The predicted molar refractivity (Wildman–Crippen MR) is 70.7 cm³/mol. The first-order chi connectivity index (χ1) is 9.16. The molecule has 0 aliphatic carbocycles. The lowest BCUT2D eigenvalue weighted by atomic mass is 10.1. The Hall–Kier alpha value is -2.27. The first kappa shape index (κ1) is 13.2. The zero-order chi connectivity index (χ0) is 13.7. The van der Waals surface area contributed by atoms with Gasteiger partial charge in [-0.05, 0) is 36.8 Å². The van der Waals surface area contributed by atoms with Crippen molar-refractivity contribution in [3.05, 3.63) is 59.7 Å². The van der Waals surface area contributed by atoms with E-state index in [1.165, 1.54) is 6.07 Å². The lowest BCUT2D eigenvalue weighted by molar-refractivity contribution is 0.0690. The van der Waals surface area contributed by atoms with E-state index in [1.807, 2.05) is 19.1 Å². The van der Waals surface area contributed by atoms with Gasteiger partial charge >= 0.3 is 5.97 Å². The largest absolute Gasteiger partial charge is 0.477 e. The average Bonchev–Trinajstić information content (AvgIpc) is 2.46. The van der Waals surface area contributed by atoms with E-state index in [-0.39, 0.29) is 11.7 Å². The summed E-state index contributed by atoms with van der Waals surface area (Å²) in [5.41, 5.74) is 1.90. The molecule has 0 radical (unpaired) electrons. The van der Waals surface area contributed by atoms with Gasteiger partial charge < -0.3 is 10.4 Å². The van der Waals surface area contributed by atoms with Gasteiger partial charge in [-0.25, -0.2) is 9.78 Å². The molecule has 5 nitrogen and oxygen atoms in total. The van der Waals surface area contributed by atoms with Crippen LogP contribution in [0.2, 0.25) is 0 Å². The van der Waals surface area contributed by atoms with Gasteiger partial charge in [-0.2, -0.15) is 0 Å². The van der Waals surface area contributed by atoms with Crippen molar-refractivity contribution in [2.75, 3.05) is 0 Å². The number of hydrogen-bond donors (Lipinski definition) is 2. The van der Waals surface area contributed by atoms with E-state index in [4.69, 9.17) is 5.11 Å². The van der Waals surface area contributed by atoms with Gasteiger partial charge in [0.05, 0.1) is 5.69 Å². The highest BCUT2D eigenvalue weighted by Crippen LogP contribution is 2.11. The Labute approximate surface area is 111 Å². The van der Waals surface area contributed by atoms with Crippen molar-refractivity contribution >= 4 is 5.97 Å². The predicted octanol–water partition coefficient (Wildman–Crippen LogP) is 2.03. The molecule has 19 heavy (non-hydrogen) atoms. The number of aromatic nitrogens is 2. The monoisotopic (exact) mass is 257 g/mol. The summed E-state index contributed by atoms with van der Waals surface area (Å²) in [7, 11) is 0. The van der Waals surface area contributed by atoms with Crippen molar-refractivity contribution in [2.24, 2.45) is 0 Å². The Morgan fingerprint density at radius 2 is 2.05 bits per heavy atom. The van der Waals surface area contributed by atoms with Crippen LogP contribution in [-0.2, 0) is 6.54 Å². The number of nitrogens with zero attached hydrogens (tertiary/aromatic N) is 2. The van der Waals surface area contributed by atoms with Crippen molar-refractivity contribution < 1.29 is 9.90 Å². The number of pyridine rings is 2. The molecule has 2 heterocycles. The molecular formula is C14H15N3O2. The zero-order valence-electron chi connectivity index (χ0n) is 10.6. The molecule has 2 aromatic rings. The Kier molecular flexibility index (Phi) is 4.20. The summed E-state index contributed by atoms with van der Waals surface area (Å²) in [5.74, 6) is -1.01. The average molecular weight is 257 g/mol. The van der Waals surface area contributed by atoms with Crippen LogP contribution < -0.4 is 5.32 Å². The highest BCUT2D eigenvalue weighted by Gasteiger charge is 2.07. The van der Waals surface area contributed by atoms with Gasteiger partial charge in [-0.1, -0.05) is 6.07 Å². The molecule has 0 unspecified atom stereocenters. The minimum absolute atomic E-state index is 0.0656. The van der Waals surface area contributed by atoms with Crippen LogP contribution >= 0.6 is 0 Å². The first-order valence-corrected chi connectivity index (χ1v) is 5.99. The maximum absolute atomic E-state index is 10.8. The molecular weight excluding hydrogens is 242 g/mol. The Balaban J connectivity index is 1.99. The third kappa shape index (κ3) is 3.59. The third-order valence-electron chi connectivity index (χ3n) is 2.82. The Bertz CT molecular complexity index is 558. The van der Waals surface area contributed by atoms with Crippen LogP contribution in [0.1, 0.15) is 34.7 Å². The molecule has 0 fully saturated rings. The Morgan fingerprint density at radius 3 is 2.74 bits per heavy atom. The lowest BCUT2D eigenvalue weighted by Gasteiger charge is -2.13. The van der Waals surface area contributed by atoms with Gasteiger partial charge in [0, 0.05) is 25.0 Å². The van der Waals surface area contributed by atoms with E-state index in [0.29, 0.717) is 12.2 Å². The van der Waals surface area contributed by atoms with Gasteiger partial charge in [0.2, 0.25) is 0 Å². The highest BCUT2D eigenvalue weighted by atomic mass is 16.4. The van der Waals surface area contributed by atoms with Crippen molar-refractivity contribution in [2.45, 2.75) is 19.5 Å². The van der Waals surface area contributed by atoms with Gasteiger partial charge in [-0.15, -0.1) is 0 Å². The van der Waals surface area contributed by atoms with Gasteiger partial charge in [0.1, 0.15) is 5.69 Å². The molecule has 0 spiro atoms. The van der Waals surface area contributed by atoms with Crippen LogP contribution in [0, 0.1) is 0 Å². The van der Waals surface area contributed by atoms with E-state index < -0.39 is 5.97 Å². The van der Waals surface area contributed by atoms with E-state index in [0.717, 1.165) is 5.56 Å². The molecule has 0 aliphatic rings. The number of rotatable bonds is 5. The maximum Gasteiger partial charge on any atom is 0.354 e. The van der Waals surface area contributed by atoms with Crippen LogP contribution in [0.25, 0.3) is 0 Å². The van der Waals surface area contributed by atoms with E-state index in [1.54, 1.807) is 24.5 Å². The van der Waals surface area contributed by atoms with E-state index in [2.05, 4.69) is 15.3 Å². The molecule has 98 valence electrons. The summed E-state index contributed by atoms with van der Waals surface area (Å²) in [5, 5.41) is 12.2. The second-order valence-corrected chi connectivity index (χ2v) is 4.20. The smallest absolute Gasteiger partial charge is 0.354 e. The van der Waals surface area contributed by atoms with E-state index >= 15 is 0 Å². The van der Waals surface area contributed by atoms with Crippen LogP contribution in [0.5, 0.6) is 0 Å². The van der Waals surface area contributed by atoms with Crippen LogP contribution in [0.15, 0.2) is 42.7 Å². The molecule has 5 heteroatoms. The summed E-state index contributed by atoms with van der Waals surface area (Å²) in [6, 6.07) is 9.03. The minimum atomic E-state index is -1.01. The number of carboxylic acid groups (broad SMARTS) is 1. The van der Waals surface area contributed by atoms with Crippen molar-refractivity contribution in [3.8, 4) is 0 Å². The second kappa shape index (κ2) is 6.06. The van der Waals surface area contributed by atoms with Gasteiger partial charge in [-0.3, -0.25) is 4.98 Å². The number of nitrogens with one attached hydrogen (secondary N) is 1. The molecule has 0 amide bonds. The summed E-state index contributed by atoms with van der Waals surface area (Å²) in [6.45, 7) is 2.56. The standard InChI is InChI=1S/C14H15N3O2/c1-10(11-5-7-15-8-6-11)16-9-12-3-2-4-13(17-12)14(18)19/h2-8,10,16H,9H2,1H3,(H,18,19)/t10-/m0/s1. The fourth-order valence-corrected chi connectivity index (χ4v) is 1.72. The zero-order valence-corrected chi connectivity index (χ0v) is 10.6. The molecule has 0 aromatic carbocycles. The van der Waals surface area contributed by atoms with Crippen molar-refractivity contribution in [1.82, 2.24) is 15.3 Å². The van der Waals surface area contributed by atoms with Crippen molar-refractivity contribution in [1.29, 1.82) is 0 Å². The normalized spacial score (nSPS) is 12.1. The summed E-state index contributed by atoms with van der Waals surface area (Å²) < 4.78 is 0. The van der Waals surface area contributed by atoms with Crippen LogP contribution in [0.4, 0.5) is 0 Å². The second-order valence-electron chi connectivity index (χ2n) is 4.20. The fraction of sp³-hybridized carbons (Fsp3) is 0.214. The van der Waals surface area contributed by atoms with Crippen molar-refractivity contribution in [3.63, 3.8) is 0 Å². The first-order valence-electron chi connectivity index (χ1n) is 5.99. The summed E-state index contributed by atoms with van der Waals surface area (Å²) in [6.07, 6.45) is 3.49. The summed E-state index contributed by atoms with van der Waals surface area (Å²) in [4.78, 5) is 18.9. The maximum atomic E-state index is 10.8. The molecule has 2 aromatic heterocycles. The molecule has 0 aliphatic heterocycles. The van der Waals surface area contributed by atoms with E-state index in [9.17, 15) is 4.79 Å². The molecule has 2 N–H and O–H groups in total. The number of aromatic carboxylic acids is 1. The molecule has 1 atom stereocenters. The molecule has 0 bridgehead atoms. The van der Waals surface area contributed by atoms with Gasteiger partial charge in [0.15, 0.2) is 0 Å². The SMILES string of the molecule is C[C@H](NCc1cccc(C(=O)O)n1)c1ccncc1. The quantitative estimate of drug-likeness (QED) is 0.857. The number of carboxylic acids is 1. The van der Waals surface area contributed by atoms with Gasteiger partial charge in [0.25, 0.3) is 0 Å². The molecule has 0 saturated heterocycles. The summed E-state index contributed by atoms with van der Waals surface area (Å²) >= 11 is 0. The number of hydrogen-bond acceptors (Lipinski definition) is 4. The Morgan fingerprint density at radius 1 is 1.32 bits per heavy atom. The lowest BCUT2D eigenvalue weighted by Crippen LogP contribution is -2.19. The third-order valence-corrected chi connectivity index (χ3v) is 2.82. The highest BCUT2D eigenvalue weighted by molar-refractivity contribution is 5.85. The minimum Gasteiger partial charge on any atom is -0.477 e. The topological polar surface area (TPSA) is 75.1 Å².